The molecule has 2 unspecified atom stereocenters. The van der Waals surface area contributed by atoms with Crippen LogP contribution in [0.1, 0.15) is 380 Å². The Morgan fingerprint density at radius 2 is 0.658 bits per heavy atom. The van der Waals surface area contributed by atoms with Crippen LogP contribution in [0.2, 0.25) is 0 Å². The molecule has 0 saturated carbocycles. The van der Waals surface area contributed by atoms with Crippen molar-refractivity contribution in [2.45, 2.75) is 392 Å². The van der Waals surface area contributed by atoms with E-state index in [0.717, 1.165) is 57.8 Å². The summed E-state index contributed by atoms with van der Waals surface area (Å²) in [7, 11) is 0. The summed E-state index contributed by atoms with van der Waals surface area (Å²) in [6.07, 6.45) is 88.8. The number of rotatable bonds is 66. The minimum atomic E-state index is -0.665. The minimum absolute atomic E-state index is 0.00217. The zero-order valence-corrected chi connectivity index (χ0v) is 53.1. The Morgan fingerprint density at radius 1 is 0.354 bits per heavy atom. The van der Waals surface area contributed by atoms with Crippen molar-refractivity contribution >= 4 is 11.9 Å². The predicted molar refractivity (Wildman–Crippen MR) is 347 cm³/mol. The first kappa shape index (κ1) is 76.8. The van der Waals surface area contributed by atoms with E-state index in [9.17, 15) is 19.8 Å². The third-order valence-corrected chi connectivity index (χ3v) is 16.3. The number of aliphatic hydroxyl groups is 2. The van der Waals surface area contributed by atoms with E-state index in [1.165, 1.54) is 289 Å². The van der Waals surface area contributed by atoms with Crippen LogP contribution in [0.5, 0.6) is 0 Å². The van der Waals surface area contributed by atoms with Crippen LogP contribution in [0, 0.1) is 0 Å². The number of unbranched alkanes of at least 4 members (excludes halogenated alkanes) is 47. The van der Waals surface area contributed by atoms with E-state index in [1.807, 2.05) is 0 Å². The smallest absolute Gasteiger partial charge is 0.305 e. The molecule has 0 fully saturated rings. The topological polar surface area (TPSA) is 95.9 Å². The second kappa shape index (κ2) is 68.3. The first-order valence-electron chi connectivity index (χ1n) is 35.4. The van der Waals surface area contributed by atoms with E-state index in [4.69, 9.17) is 4.74 Å². The van der Waals surface area contributed by atoms with Gasteiger partial charge in [0, 0.05) is 12.8 Å². The van der Waals surface area contributed by atoms with Crippen LogP contribution < -0.4 is 5.32 Å². The van der Waals surface area contributed by atoms with Crippen molar-refractivity contribution in [1.82, 2.24) is 5.32 Å². The molecular formula is C73H137NO5. The Hall–Kier alpha value is -2.18. The largest absolute Gasteiger partial charge is 0.466 e. The van der Waals surface area contributed by atoms with Gasteiger partial charge in [0.1, 0.15) is 0 Å². The monoisotopic (exact) mass is 1110 g/mol. The van der Waals surface area contributed by atoms with Gasteiger partial charge in [-0.2, -0.15) is 0 Å². The molecule has 0 aliphatic carbocycles. The maximum absolute atomic E-state index is 12.5. The molecule has 0 aliphatic rings. The molecule has 2 atom stereocenters. The first-order valence-corrected chi connectivity index (χ1v) is 35.4. The SMILES string of the molecule is CCC/C=C\C/C=C\CCCCCCCC(=O)OCCCCCCCCCCC/C=C\C/C=C\CCCCCCCCCCCCCCCCCC(=O)NC(CO)C(O)CCCCCCCCCCCCCCCCCCCC. The number of allylic oxidation sites excluding steroid dienone is 8. The highest BCUT2D eigenvalue weighted by atomic mass is 16.5. The summed E-state index contributed by atoms with van der Waals surface area (Å²) in [6, 6.07) is -0.542. The normalized spacial score (nSPS) is 12.8. The quantitative estimate of drug-likeness (QED) is 0.0320. The Bertz CT molecular complexity index is 1320. The molecule has 6 heteroatoms. The predicted octanol–water partition coefficient (Wildman–Crippen LogP) is 22.9. The zero-order chi connectivity index (χ0) is 57.1. The van der Waals surface area contributed by atoms with Crippen LogP contribution >= 0.6 is 0 Å². The van der Waals surface area contributed by atoms with E-state index < -0.39 is 12.1 Å². The molecule has 0 radical (unpaired) electrons. The van der Waals surface area contributed by atoms with Gasteiger partial charge < -0.3 is 20.3 Å². The van der Waals surface area contributed by atoms with Gasteiger partial charge in [0.15, 0.2) is 0 Å². The van der Waals surface area contributed by atoms with Crippen LogP contribution in [0.4, 0.5) is 0 Å². The number of hydrogen-bond acceptors (Lipinski definition) is 5. The van der Waals surface area contributed by atoms with E-state index in [-0.39, 0.29) is 18.5 Å². The van der Waals surface area contributed by atoms with Crippen molar-refractivity contribution in [2.24, 2.45) is 0 Å². The molecule has 0 aromatic rings. The first-order chi connectivity index (χ1) is 39.0. The molecule has 79 heavy (non-hydrogen) atoms. The van der Waals surface area contributed by atoms with Crippen molar-refractivity contribution in [2.75, 3.05) is 13.2 Å². The molecule has 464 valence electrons. The Morgan fingerprint density at radius 3 is 1.01 bits per heavy atom. The number of amides is 1. The number of nitrogens with one attached hydrogen (secondary N) is 1. The fraction of sp³-hybridized carbons (Fsp3) is 0.863. The number of aliphatic hydroxyl groups excluding tert-OH is 2. The molecule has 0 aliphatic heterocycles. The van der Waals surface area contributed by atoms with Crippen LogP contribution in [0.3, 0.4) is 0 Å². The fourth-order valence-corrected chi connectivity index (χ4v) is 10.9. The molecule has 0 aromatic heterocycles. The minimum Gasteiger partial charge on any atom is -0.466 e. The highest BCUT2D eigenvalue weighted by Gasteiger charge is 2.20. The van der Waals surface area contributed by atoms with Gasteiger partial charge in [-0.1, -0.05) is 332 Å². The molecule has 0 heterocycles. The van der Waals surface area contributed by atoms with Crippen molar-refractivity contribution in [3.8, 4) is 0 Å². The third kappa shape index (κ3) is 64.8. The summed E-state index contributed by atoms with van der Waals surface area (Å²) < 4.78 is 5.47. The van der Waals surface area contributed by atoms with Crippen LogP contribution in [-0.2, 0) is 14.3 Å². The molecule has 0 bridgehead atoms. The highest BCUT2D eigenvalue weighted by Crippen LogP contribution is 2.18. The van der Waals surface area contributed by atoms with Gasteiger partial charge >= 0.3 is 5.97 Å². The number of carbonyl (C=O) groups excluding carboxylic acids is 2. The maximum Gasteiger partial charge on any atom is 0.305 e. The van der Waals surface area contributed by atoms with E-state index >= 15 is 0 Å². The lowest BCUT2D eigenvalue weighted by Crippen LogP contribution is -2.45. The van der Waals surface area contributed by atoms with Gasteiger partial charge in [-0.25, -0.2) is 0 Å². The van der Waals surface area contributed by atoms with E-state index in [0.29, 0.717) is 25.9 Å². The van der Waals surface area contributed by atoms with Crippen molar-refractivity contribution in [3.63, 3.8) is 0 Å². The number of ether oxygens (including phenoxy) is 1. The Balaban J connectivity index is 3.40. The van der Waals surface area contributed by atoms with Gasteiger partial charge in [0.25, 0.3) is 0 Å². The zero-order valence-electron chi connectivity index (χ0n) is 53.1. The molecule has 3 N–H and O–H groups in total. The second-order valence-corrected chi connectivity index (χ2v) is 24.2. The molecule has 1 amide bonds. The van der Waals surface area contributed by atoms with Crippen molar-refractivity contribution in [3.05, 3.63) is 48.6 Å². The number of esters is 1. The average Bonchev–Trinajstić information content (AvgIpc) is 3.45. The van der Waals surface area contributed by atoms with Crippen molar-refractivity contribution < 1.29 is 24.5 Å². The molecule has 6 nitrogen and oxygen atoms in total. The molecule has 0 aromatic carbocycles. The maximum atomic E-state index is 12.5. The summed E-state index contributed by atoms with van der Waals surface area (Å²) >= 11 is 0. The standard InChI is InChI=1S/C73H137NO5/c1-3-5-7-9-11-13-15-17-18-19-35-38-42-45-49-53-57-61-65-71(76)70(69-75)74-72(77)66-62-58-54-50-46-43-39-36-33-31-29-27-25-23-21-20-22-24-26-28-30-32-34-37-40-44-48-52-56-60-64-68-79-73(78)67-63-59-55-51-47-41-16-14-12-10-8-6-4-2/h8,10,14,16,22,24,28,30,70-71,75-76H,3-7,9,11-13,15,17-21,23,25-27,29,31-69H2,1-2H3,(H,74,77)/b10-8-,16-14-,24-22-,30-28-. The van der Waals surface area contributed by atoms with Crippen molar-refractivity contribution in [1.29, 1.82) is 0 Å². The molecule has 0 saturated heterocycles. The fourth-order valence-electron chi connectivity index (χ4n) is 10.9. The highest BCUT2D eigenvalue weighted by molar-refractivity contribution is 5.76. The number of hydrogen-bond donors (Lipinski definition) is 3. The van der Waals surface area contributed by atoms with Gasteiger partial charge in [0.2, 0.25) is 5.91 Å². The lowest BCUT2D eigenvalue weighted by Gasteiger charge is -2.22. The second-order valence-electron chi connectivity index (χ2n) is 24.2. The lowest BCUT2D eigenvalue weighted by atomic mass is 10.0. The van der Waals surface area contributed by atoms with Gasteiger partial charge in [-0.05, 0) is 83.5 Å². The van der Waals surface area contributed by atoms with Crippen LogP contribution in [0.15, 0.2) is 48.6 Å². The van der Waals surface area contributed by atoms with Crippen LogP contribution in [-0.4, -0.2) is 47.4 Å². The lowest BCUT2D eigenvalue weighted by molar-refractivity contribution is -0.143. The van der Waals surface area contributed by atoms with Crippen LogP contribution in [0.25, 0.3) is 0 Å². The number of carbonyl (C=O) groups is 2. The van der Waals surface area contributed by atoms with E-state index in [2.05, 4.69) is 67.8 Å². The molecule has 0 spiro atoms. The summed E-state index contributed by atoms with van der Waals surface area (Å²) in [5.74, 6) is -0.0335. The average molecular weight is 1110 g/mol. The van der Waals surface area contributed by atoms with Gasteiger partial charge in [-0.3, -0.25) is 9.59 Å². The third-order valence-electron chi connectivity index (χ3n) is 16.3. The van der Waals surface area contributed by atoms with E-state index in [1.54, 1.807) is 0 Å². The molecular weight excluding hydrogens is 971 g/mol. The Kier molecular flexibility index (Phi) is 66.4. The summed E-state index contributed by atoms with van der Waals surface area (Å²) in [5, 5.41) is 23.4. The van der Waals surface area contributed by atoms with Gasteiger partial charge in [-0.15, -0.1) is 0 Å². The summed E-state index contributed by atoms with van der Waals surface area (Å²) in [6.45, 7) is 4.91. The summed E-state index contributed by atoms with van der Waals surface area (Å²) in [4.78, 5) is 24.6. The molecule has 0 rings (SSSR count). The summed E-state index contributed by atoms with van der Waals surface area (Å²) in [5.41, 5.74) is 0. The van der Waals surface area contributed by atoms with Gasteiger partial charge in [0.05, 0.1) is 25.4 Å². The Labute approximate surface area is 493 Å².